The number of fused-ring (bicyclic) bond motifs is 1. The van der Waals surface area contributed by atoms with E-state index in [0.29, 0.717) is 18.3 Å². The smallest absolute Gasteiger partial charge is 0.152 e. The lowest BCUT2D eigenvalue weighted by Crippen LogP contribution is -2.35. The Balaban J connectivity index is 1.86. The summed E-state index contributed by atoms with van der Waals surface area (Å²) in [5, 5.41) is 19.8. The van der Waals surface area contributed by atoms with Crippen LogP contribution in [0.25, 0.3) is 16.6 Å². The minimum Gasteiger partial charge on any atom is -0.509 e. The Morgan fingerprint density at radius 1 is 1.50 bits per heavy atom. The molecule has 0 amide bonds. The Kier molecular flexibility index (Phi) is 4.12. The van der Waals surface area contributed by atoms with Crippen LogP contribution in [0.4, 0.5) is 0 Å². The van der Waals surface area contributed by atoms with Crippen molar-refractivity contribution in [3.63, 3.8) is 0 Å². The van der Waals surface area contributed by atoms with Crippen molar-refractivity contribution in [2.24, 2.45) is 5.92 Å². The number of allylic oxidation sites excluding steroid dienone is 1. The lowest BCUT2D eigenvalue weighted by atomic mass is 10.00. The van der Waals surface area contributed by atoms with Crippen LogP contribution in [-0.4, -0.2) is 39.6 Å². The molecule has 1 aromatic heterocycles. The molecule has 22 heavy (non-hydrogen) atoms. The molecular weight excluding hydrogens is 276 g/mol. The zero-order valence-corrected chi connectivity index (χ0v) is 12.7. The van der Waals surface area contributed by atoms with Gasteiger partial charge in [0.05, 0.1) is 17.6 Å². The fourth-order valence-electron chi connectivity index (χ4n) is 3.05. The highest BCUT2D eigenvalue weighted by molar-refractivity contribution is 5.82. The van der Waals surface area contributed by atoms with Crippen LogP contribution < -0.4 is 0 Å². The first-order valence-electron chi connectivity index (χ1n) is 7.67. The Bertz CT molecular complexity index is 707. The molecular formula is C17H20N4O. The zero-order chi connectivity index (χ0) is 15.5. The molecule has 1 atom stereocenters. The zero-order valence-electron chi connectivity index (χ0n) is 12.7. The number of hydrogen-bond donors (Lipinski definition) is 2. The number of aliphatic hydroxyl groups is 1. The number of aromatic amines is 1. The van der Waals surface area contributed by atoms with Gasteiger partial charge >= 0.3 is 0 Å². The fourth-order valence-corrected chi connectivity index (χ4v) is 3.05. The molecule has 2 aromatic rings. The predicted octanol–water partition coefficient (Wildman–Crippen LogP) is 3.09. The van der Waals surface area contributed by atoms with Crippen molar-refractivity contribution in [2.75, 3.05) is 19.6 Å². The number of likely N-dealkylation sites (tertiary alicyclic amines) is 1. The summed E-state index contributed by atoms with van der Waals surface area (Å²) in [5.74, 6) is 1.17. The lowest BCUT2D eigenvalue weighted by Gasteiger charge is -2.30. The minimum atomic E-state index is 0.0932. The molecule has 0 spiro atoms. The largest absolute Gasteiger partial charge is 0.509 e. The third kappa shape index (κ3) is 2.97. The summed E-state index contributed by atoms with van der Waals surface area (Å²) in [6, 6.07) is 9.69. The molecule has 114 valence electrons. The molecule has 1 aliphatic rings. The van der Waals surface area contributed by atoms with Crippen LogP contribution in [0.1, 0.15) is 25.6 Å². The standard InChI is InChI=1S/C17H20N4O/c1-12-5-4-8-21(10-12)11-16(22)13(9-18)17-19-14-6-2-3-7-15(14)20-17/h2-3,6-7,12,22H,4-5,8,10-11H2,1H3,(H,19,20)/b16-13-/t12-/m0/s1. The molecule has 3 rings (SSSR count). The first-order chi connectivity index (χ1) is 10.7. The van der Waals surface area contributed by atoms with Crippen LogP contribution in [0.2, 0.25) is 0 Å². The van der Waals surface area contributed by atoms with Crippen molar-refractivity contribution in [1.29, 1.82) is 5.26 Å². The van der Waals surface area contributed by atoms with Gasteiger partial charge in [-0.2, -0.15) is 5.26 Å². The van der Waals surface area contributed by atoms with Crippen LogP contribution in [0.3, 0.4) is 0 Å². The van der Waals surface area contributed by atoms with E-state index in [1.165, 1.54) is 6.42 Å². The fraction of sp³-hybridized carbons (Fsp3) is 0.412. The van der Waals surface area contributed by atoms with Gasteiger partial charge < -0.3 is 10.1 Å². The Hall–Kier alpha value is -2.32. The van der Waals surface area contributed by atoms with Crippen LogP contribution in [0.15, 0.2) is 30.0 Å². The Labute approximate surface area is 129 Å². The van der Waals surface area contributed by atoms with Gasteiger partial charge in [0.15, 0.2) is 5.82 Å². The quantitative estimate of drug-likeness (QED) is 0.674. The van der Waals surface area contributed by atoms with Gasteiger partial charge in [0.25, 0.3) is 0 Å². The van der Waals surface area contributed by atoms with Gasteiger partial charge in [0, 0.05) is 6.54 Å². The Morgan fingerprint density at radius 3 is 3.05 bits per heavy atom. The summed E-state index contributed by atoms with van der Waals surface area (Å²) < 4.78 is 0. The van der Waals surface area contributed by atoms with E-state index in [9.17, 15) is 10.4 Å². The van der Waals surface area contributed by atoms with Gasteiger partial charge in [-0.1, -0.05) is 19.1 Å². The van der Waals surface area contributed by atoms with Gasteiger partial charge in [-0.3, -0.25) is 4.90 Å². The molecule has 5 nitrogen and oxygen atoms in total. The summed E-state index contributed by atoms with van der Waals surface area (Å²) in [6.07, 6.45) is 2.37. The number of rotatable bonds is 3. The summed E-state index contributed by atoms with van der Waals surface area (Å²) in [4.78, 5) is 9.70. The third-order valence-electron chi connectivity index (χ3n) is 4.14. The van der Waals surface area contributed by atoms with Crippen molar-refractivity contribution in [3.05, 3.63) is 35.8 Å². The van der Waals surface area contributed by atoms with Crippen LogP contribution in [0.5, 0.6) is 0 Å². The maximum absolute atomic E-state index is 10.4. The molecule has 0 saturated carbocycles. The number of imidazole rings is 1. The molecule has 2 N–H and O–H groups in total. The van der Waals surface area contributed by atoms with Gasteiger partial charge in [0.2, 0.25) is 0 Å². The second-order valence-electron chi connectivity index (χ2n) is 6.02. The summed E-state index contributed by atoms with van der Waals surface area (Å²) in [6.45, 7) is 4.55. The highest BCUT2D eigenvalue weighted by atomic mass is 16.3. The first-order valence-corrected chi connectivity index (χ1v) is 7.67. The molecule has 1 saturated heterocycles. The molecule has 5 heteroatoms. The van der Waals surface area contributed by atoms with E-state index in [1.54, 1.807) is 0 Å². The first kappa shape index (κ1) is 14.6. The average Bonchev–Trinajstić information content (AvgIpc) is 2.91. The van der Waals surface area contributed by atoms with E-state index >= 15 is 0 Å². The number of nitrogens with zero attached hydrogens (tertiary/aromatic N) is 3. The SMILES string of the molecule is C[C@H]1CCCN(C/C(O)=C(\C#N)c2nc3ccccc3[nH]2)C1. The van der Waals surface area contributed by atoms with E-state index in [0.717, 1.165) is 30.5 Å². The molecule has 1 aliphatic heterocycles. The number of aromatic nitrogens is 2. The second kappa shape index (κ2) is 6.20. The van der Waals surface area contributed by atoms with E-state index < -0.39 is 0 Å². The van der Waals surface area contributed by atoms with Crippen LogP contribution in [-0.2, 0) is 0 Å². The monoisotopic (exact) mass is 296 g/mol. The van der Waals surface area contributed by atoms with E-state index in [-0.39, 0.29) is 11.3 Å². The molecule has 0 unspecified atom stereocenters. The number of benzene rings is 1. The molecule has 0 radical (unpaired) electrons. The highest BCUT2D eigenvalue weighted by Crippen LogP contribution is 2.21. The van der Waals surface area contributed by atoms with Crippen molar-refractivity contribution in [2.45, 2.75) is 19.8 Å². The number of H-pyrrole nitrogens is 1. The van der Waals surface area contributed by atoms with Crippen LogP contribution >= 0.6 is 0 Å². The van der Waals surface area contributed by atoms with E-state index in [1.807, 2.05) is 24.3 Å². The number of piperidine rings is 1. The predicted molar refractivity (Wildman–Crippen MR) is 86.1 cm³/mol. The van der Waals surface area contributed by atoms with E-state index in [2.05, 4.69) is 27.9 Å². The summed E-state index contributed by atoms with van der Waals surface area (Å²) in [5.41, 5.74) is 1.89. The topological polar surface area (TPSA) is 75.9 Å². The minimum absolute atomic E-state index is 0.0932. The maximum Gasteiger partial charge on any atom is 0.152 e. The maximum atomic E-state index is 10.4. The van der Waals surface area contributed by atoms with Crippen molar-refractivity contribution >= 4 is 16.6 Å². The number of nitriles is 1. The van der Waals surface area contributed by atoms with Crippen molar-refractivity contribution in [1.82, 2.24) is 14.9 Å². The number of aliphatic hydroxyl groups excluding tert-OH is 1. The van der Waals surface area contributed by atoms with Crippen molar-refractivity contribution in [3.8, 4) is 6.07 Å². The molecule has 1 aromatic carbocycles. The van der Waals surface area contributed by atoms with Crippen molar-refractivity contribution < 1.29 is 5.11 Å². The molecule has 1 fully saturated rings. The average molecular weight is 296 g/mol. The van der Waals surface area contributed by atoms with Gasteiger partial charge in [-0.05, 0) is 37.4 Å². The molecule has 0 aliphatic carbocycles. The highest BCUT2D eigenvalue weighted by Gasteiger charge is 2.20. The normalized spacial score (nSPS) is 20.6. The molecule has 0 bridgehead atoms. The van der Waals surface area contributed by atoms with Gasteiger partial charge in [-0.25, -0.2) is 4.98 Å². The summed E-state index contributed by atoms with van der Waals surface area (Å²) in [7, 11) is 0. The molecule has 2 heterocycles. The van der Waals surface area contributed by atoms with E-state index in [4.69, 9.17) is 0 Å². The Morgan fingerprint density at radius 2 is 2.32 bits per heavy atom. The van der Waals surface area contributed by atoms with Gasteiger partial charge in [-0.15, -0.1) is 0 Å². The summed E-state index contributed by atoms with van der Waals surface area (Å²) >= 11 is 0. The number of nitrogens with one attached hydrogen (secondary N) is 1. The number of hydrogen-bond acceptors (Lipinski definition) is 4. The number of para-hydroxylation sites is 2. The van der Waals surface area contributed by atoms with Crippen LogP contribution in [0, 0.1) is 17.2 Å². The second-order valence-corrected chi connectivity index (χ2v) is 6.02. The van der Waals surface area contributed by atoms with Gasteiger partial charge in [0.1, 0.15) is 17.4 Å². The third-order valence-corrected chi connectivity index (χ3v) is 4.14. The lowest BCUT2D eigenvalue weighted by molar-refractivity contribution is 0.177.